The number of alkyl halides is 3. The van der Waals surface area contributed by atoms with Gasteiger partial charge < -0.3 is 9.72 Å². The van der Waals surface area contributed by atoms with Crippen molar-refractivity contribution in [3.8, 4) is 5.75 Å². The molecule has 0 bridgehead atoms. The van der Waals surface area contributed by atoms with Crippen LogP contribution < -0.4 is 9.46 Å². The number of ether oxygens (including phenoxy) is 1. The van der Waals surface area contributed by atoms with E-state index >= 15 is 0 Å². The van der Waals surface area contributed by atoms with Gasteiger partial charge in [0.1, 0.15) is 5.75 Å². The molecule has 2 rings (SSSR count). The van der Waals surface area contributed by atoms with Crippen molar-refractivity contribution in [2.24, 2.45) is 0 Å². The molecule has 0 aliphatic heterocycles. The first-order chi connectivity index (χ1) is 9.26. The average Bonchev–Trinajstić information content (AvgIpc) is 2.80. The Morgan fingerprint density at radius 2 is 2.05 bits per heavy atom. The highest BCUT2D eigenvalue weighted by Crippen LogP contribution is 2.25. The number of rotatable bonds is 4. The molecule has 6 nitrogen and oxygen atoms in total. The molecule has 1 aromatic carbocycles. The Balaban J connectivity index is 2.21. The third-order valence-corrected chi connectivity index (χ3v) is 3.39. The zero-order valence-electron chi connectivity index (χ0n) is 9.68. The Morgan fingerprint density at radius 1 is 1.30 bits per heavy atom. The maximum absolute atomic E-state index is 12.1. The highest BCUT2D eigenvalue weighted by Gasteiger charge is 2.31. The molecule has 0 aliphatic rings. The molecule has 0 unspecified atom stereocenters. The standard InChI is InChI=1S/C10H8F3N3O3S/c11-10(12,13)19-8-3-1-2-7(4-8)16-20(17,18)9-5-14-6-15-9/h1-6,16H,(H,14,15). The summed E-state index contributed by atoms with van der Waals surface area (Å²) in [5.74, 6) is -0.526. The number of aromatic amines is 1. The van der Waals surface area contributed by atoms with Gasteiger partial charge in [-0.3, -0.25) is 4.72 Å². The Bertz CT molecular complexity index is 683. The third kappa shape index (κ3) is 3.63. The Kier molecular flexibility index (Phi) is 3.57. The van der Waals surface area contributed by atoms with Crippen LogP contribution in [0.25, 0.3) is 0 Å². The van der Waals surface area contributed by atoms with Crippen LogP contribution in [-0.2, 0) is 10.0 Å². The summed E-state index contributed by atoms with van der Waals surface area (Å²) in [6.07, 6.45) is -2.61. The van der Waals surface area contributed by atoms with Gasteiger partial charge in [0.15, 0.2) is 5.03 Å². The van der Waals surface area contributed by atoms with Crippen LogP contribution in [0.5, 0.6) is 5.75 Å². The summed E-state index contributed by atoms with van der Waals surface area (Å²) in [5, 5.41) is -0.209. The fraction of sp³-hybridized carbons (Fsp3) is 0.100. The Morgan fingerprint density at radius 3 is 2.65 bits per heavy atom. The smallest absolute Gasteiger partial charge is 0.406 e. The summed E-state index contributed by atoms with van der Waals surface area (Å²) in [5.41, 5.74) is -0.0682. The number of halogens is 3. The highest BCUT2D eigenvalue weighted by atomic mass is 32.2. The third-order valence-electron chi connectivity index (χ3n) is 2.08. The van der Waals surface area contributed by atoms with E-state index in [1.165, 1.54) is 12.1 Å². The fourth-order valence-electron chi connectivity index (χ4n) is 1.36. The average molecular weight is 307 g/mol. The minimum absolute atomic E-state index is 0.0682. The summed E-state index contributed by atoms with van der Waals surface area (Å²) < 4.78 is 65.6. The zero-order chi connectivity index (χ0) is 14.8. The molecule has 0 fully saturated rings. The van der Waals surface area contributed by atoms with Gasteiger partial charge in [0.05, 0.1) is 18.2 Å². The Labute approximate surface area is 111 Å². The van der Waals surface area contributed by atoms with Crippen LogP contribution in [0, 0.1) is 0 Å². The van der Waals surface area contributed by atoms with Crippen LogP contribution >= 0.6 is 0 Å². The van der Waals surface area contributed by atoms with Gasteiger partial charge >= 0.3 is 6.36 Å². The molecule has 2 N–H and O–H groups in total. The normalized spacial score (nSPS) is 12.2. The molecular weight excluding hydrogens is 299 g/mol. The van der Waals surface area contributed by atoms with Crippen LogP contribution in [-0.4, -0.2) is 24.7 Å². The lowest BCUT2D eigenvalue weighted by atomic mass is 10.3. The van der Waals surface area contributed by atoms with Gasteiger partial charge in [-0.05, 0) is 12.1 Å². The minimum atomic E-state index is -4.85. The van der Waals surface area contributed by atoms with E-state index in [1.54, 1.807) is 0 Å². The van der Waals surface area contributed by atoms with Crippen LogP contribution in [0.1, 0.15) is 0 Å². The molecule has 108 valence electrons. The second kappa shape index (κ2) is 5.04. The maximum Gasteiger partial charge on any atom is 0.573 e. The first-order valence-corrected chi connectivity index (χ1v) is 6.62. The number of hydrogen-bond donors (Lipinski definition) is 2. The molecule has 2 aromatic rings. The van der Waals surface area contributed by atoms with Crippen LogP contribution in [0.4, 0.5) is 18.9 Å². The lowest BCUT2D eigenvalue weighted by molar-refractivity contribution is -0.274. The summed E-state index contributed by atoms with van der Waals surface area (Å²) >= 11 is 0. The summed E-state index contributed by atoms with van der Waals surface area (Å²) in [6.45, 7) is 0. The number of hydrogen-bond acceptors (Lipinski definition) is 4. The van der Waals surface area contributed by atoms with Gasteiger partial charge in [-0.15, -0.1) is 13.2 Å². The molecule has 0 amide bonds. The predicted molar refractivity (Wildman–Crippen MR) is 62.5 cm³/mol. The van der Waals surface area contributed by atoms with E-state index in [-0.39, 0.29) is 10.7 Å². The fourth-order valence-corrected chi connectivity index (χ4v) is 2.31. The van der Waals surface area contributed by atoms with Crippen LogP contribution in [0.3, 0.4) is 0 Å². The van der Waals surface area contributed by atoms with Crippen molar-refractivity contribution in [1.82, 2.24) is 9.97 Å². The molecule has 1 aromatic heterocycles. The summed E-state index contributed by atoms with van der Waals surface area (Å²) in [7, 11) is -3.94. The highest BCUT2D eigenvalue weighted by molar-refractivity contribution is 7.92. The Hall–Kier alpha value is -2.23. The minimum Gasteiger partial charge on any atom is -0.406 e. The molecule has 0 spiro atoms. The second-order valence-electron chi connectivity index (χ2n) is 3.60. The summed E-state index contributed by atoms with van der Waals surface area (Å²) in [6, 6.07) is 4.49. The molecule has 0 atom stereocenters. The van der Waals surface area contributed by atoms with Gasteiger partial charge in [-0.2, -0.15) is 8.42 Å². The number of benzene rings is 1. The van der Waals surface area contributed by atoms with E-state index in [0.29, 0.717) is 0 Å². The van der Waals surface area contributed by atoms with E-state index in [9.17, 15) is 21.6 Å². The van der Waals surface area contributed by atoms with Gasteiger partial charge in [-0.1, -0.05) is 6.07 Å². The lowest BCUT2D eigenvalue weighted by Crippen LogP contribution is -2.17. The number of anilines is 1. The van der Waals surface area contributed by atoms with E-state index in [0.717, 1.165) is 24.7 Å². The SMILES string of the molecule is O=S(=O)(Nc1cccc(OC(F)(F)F)c1)c1cnc[nH]1. The molecule has 0 aliphatic carbocycles. The lowest BCUT2D eigenvalue weighted by Gasteiger charge is -2.11. The van der Waals surface area contributed by atoms with Crippen molar-refractivity contribution >= 4 is 15.7 Å². The number of nitrogens with one attached hydrogen (secondary N) is 2. The first kappa shape index (κ1) is 14.2. The van der Waals surface area contributed by atoms with E-state index < -0.39 is 22.1 Å². The number of sulfonamides is 1. The van der Waals surface area contributed by atoms with Gasteiger partial charge in [-0.25, -0.2) is 4.98 Å². The van der Waals surface area contributed by atoms with Crippen LogP contribution in [0.15, 0.2) is 41.8 Å². The number of aromatic nitrogens is 2. The van der Waals surface area contributed by atoms with Crippen molar-refractivity contribution in [2.75, 3.05) is 4.72 Å². The van der Waals surface area contributed by atoms with Crippen molar-refractivity contribution in [3.05, 3.63) is 36.8 Å². The molecule has 0 saturated heterocycles. The largest absolute Gasteiger partial charge is 0.573 e. The zero-order valence-corrected chi connectivity index (χ0v) is 10.5. The van der Waals surface area contributed by atoms with E-state index in [4.69, 9.17) is 0 Å². The van der Waals surface area contributed by atoms with Gasteiger partial charge in [0.2, 0.25) is 0 Å². The van der Waals surface area contributed by atoms with E-state index in [1.807, 2.05) is 0 Å². The second-order valence-corrected chi connectivity index (χ2v) is 5.25. The van der Waals surface area contributed by atoms with Crippen molar-refractivity contribution < 1.29 is 26.3 Å². The van der Waals surface area contributed by atoms with Crippen molar-refractivity contribution in [1.29, 1.82) is 0 Å². The molecule has 10 heteroatoms. The van der Waals surface area contributed by atoms with Gasteiger partial charge in [0.25, 0.3) is 10.0 Å². The monoisotopic (exact) mass is 307 g/mol. The van der Waals surface area contributed by atoms with Gasteiger partial charge in [0, 0.05) is 6.07 Å². The quantitative estimate of drug-likeness (QED) is 0.906. The molecule has 20 heavy (non-hydrogen) atoms. The number of H-pyrrole nitrogens is 1. The molecule has 0 radical (unpaired) electrons. The number of imidazole rings is 1. The predicted octanol–water partition coefficient (Wildman–Crippen LogP) is 2.11. The first-order valence-electron chi connectivity index (χ1n) is 5.13. The van der Waals surface area contributed by atoms with Crippen LogP contribution in [0.2, 0.25) is 0 Å². The van der Waals surface area contributed by atoms with Crippen molar-refractivity contribution in [2.45, 2.75) is 11.4 Å². The van der Waals surface area contributed by atoms with E-state index in [2.05, 4.69) is 19.4 Å². The summed E-state index contributed by atoms with van der Waals surface area (Å²) in [4.78, 5) is 5.93. The topological polar surface area (TPSA) is 84.1 Å². The molecule has 1 heterocycles. The number of nitrogens with zero attached hydrogens (tertiary/aromatic N) is 1. The molecular formula is C10H8F3N3O3S. The maximum atomic E-state index is 12.1. The molecule has 0 saturated carbocycles. The van der Waals surface area contributed by atoms with Crippen molar-refractivity contribution in [3.63, 3.8) is 0 Å².